The first-order valence-electron chi connectivity index (χ1n) is 13.8. The van der Waals surface area contributed by atoms with Crippen molar-refractivity contribution in [2.24, 2.45) is 7.05 Å². The Labute approximate surface area is 251 Å². The average molecular weight is 631 g/mol. The molecule has 5 atom stereocenters. The van der Waals surface area contributed by atoms with Gasteiger partial charge in [-0.25, -0.2) is 14.3 Å². The maximum absolute atomic E-state index is 13.5. The van der Waals surface area contributed by atoms with Gasteiger partial charge in [0.2, 0.25) is 11.1 Å². The zero-order chi connectivity index (χ0) is 33.4. The van der Waals surface area contributed by atoms with Crippen LogP contribution in [0.25, 0.3) is 0 Å². The van der Waals surface area contributed by atoms with Gasteiger partial charge in [0.25, 0.3) is 11.6 Å². The first-order valence-corrected chi connectivity index (χ1v) is 14.2. The van der Waals surface area contributed by atoms with Crippen molar-refractivity contribution in [3.63, 3.8) is 0 Å². The number of methoxy groups -OCH3 is 1. The molecule has 0 spiro atoms. The van der Waals surface area contributed by atoms with Crippen molar-refractivity contribution < 1.29 is 47.8 Å². The number of hydrogen-bond donors (Lipinski definition) is 4. The number of amides is 6. The molecule has 1 aromatic rings. The normalized spacial score (nSPS) is 26.7. The molecule has 1 unspecified atom stereocenters. The van der Waals surface area contributed by atoms with Crippen LogP contribution >= 0.6 is 23.5 Å². The zero-order valence-corrected chi connectivity index (χ0v) is 24.0. The predicted molar refractivity (Wildman–Crippen MR) is 143 cm³/mol. The molecule has 0 radical (unpaired) electrons. The van der Waals surface area contributed by atoms with Crippen molar-refractivity contribution in [2.75, 3.05) is 32.5 Å². The Balaban J connectivity index is 1.55. The number of rotatable bonds is 10. The van der Waals surface area contributed by atoms with E-state index in [1.54, 1.807) is 14.0 Å². The van der Waals surface area contributed by atoms with E-state index >= 15 is 0 Å². The van der Waals surface area contributed by atoms with Gasteiger partial charge in [-0.05, 0) is 35.2 Å². The third kappa shape index (κ3) is 5.41. The molecule has 4 rings (SSSR count). The summed E-state index contributed by atoms with van der Waals surface area (Å²) in [7, 11) is 2.64. The highest BCUT2D eigenvalue weighted by molar-refractivity contribution is 8.03. The van der Waals surface area contributed by atoms with E-state index in [-0.39, 0.29) is 25.4 Å². The zero-order valence-electron chi connectivity index (χ0n) is 25.4. The number of imide groups is 1. The van der Waals surface area contributed by atoms with Gasteiger partial charge in [0.15, 0.2) is 6.04 Å². The Hall–Kier alpha value is -3.75. The summed E-state index contributed by atoms with van der Waals surface area (Å²) in [6, 6.07) is -5.06. The number of aliphatic carboxylic acids is 1. The number of likely N-dealkylation sites (N-methyl/N-ethyl adjacent to an activating group) is 1. The number of thioether (sulfide) groups is 2. The molecule has 3 aliphatic rings. The number of carboxylic acid groups (broad SMARTS) is 1. The molecule has 42 heavy (non-hydrogen) atoms. The largest absolute Gasteiger partial charge is 0.479 e. The van der Waals surface area contributed by atoms with Gasteiger partial charge < -0.3 is 35.4 Å². The minimum atomic E-state index is -3.23. The second kappa shape index (κ2) is 12.2. The SMILES string of the molecule is [2H]C([2H])([2H])[C@H](O)[C@H](NC(=O)N1CCN(CC)C(=O)C1=O)C(=O)N[C@]1(OC)C(=O)N2C(C(=O)O)C(CSc3nnnn3C)=CS[C@@H]21. The fourth-order valence-electron chi connectivity index (χ4n) is 4.51. The Bertz CT molecular complexity index is 1440. The first-order chi connectivity index (χ1) is 21.1. The number of ether oxygens (including phenoxy) is 1. The quantitative estimate of drug-likeness (QED) is 0.0884. The van der Waals surface area contributed by atoms with Crippen molar-refractivity contribution in [3.8, 4) is 0 Å². The van der Waals surface area contributed by atoms with Crippen LogP contribution in [0.5, 0.6) is 0 Å². The molecule has 1 aromatic heterocycles. The van der Waals surface area contributed by atoms with E-state index in [2.05, 4.69) is 20.8 Å². The van der Waals surface area contributed by atoms with Crippen LogP contribution in [-0.4, -0.2) is 143 Å². The Morgan fingerprint density at radius 1 is 1.31 bits per heavy atom. The molecule has 3 aliphatic heterocycles. The maximum atomic E-state index is 13.5. The van der Waals surface area contributed by atoms with Crippen molar-refractivity contribution in [1.29, 1.82) is 0 Å². The molecular weight excluding hydrogens is 598 g/mol. The molecule has 4 heterocycles. The van der Waals surface area contributed by atoms with Crippen LogP contribution in [0.2, 0.25) is 0 Å². The highest BCUT2D eigenvalue weighted by atomic mass is 32.2. The summed E-state index contributed by atoms with van der Waals surface area (Å²) in [6.07, 6.45) is -2.53. The number of fused-ring (bicyclic) bond motifs is 1. The number of aromatic nitrogens is 4. The van der Waals surface area contributed by atoms with Gasteiger partial charge in [0.05, 0.1) is 6.10 Å². The average Bonchev–Trinajstić information content (AvgIpc) is 3.41. The lowest BCUT2D eigenvalue weighted by molar-refractivity contribution is -0.202. The highest BCUT2D eigenvalue weighted by Crippen LogP contribution is 2.47. The van der Waals surface area contributed by atoms with E-state index in [1.807, 2.05) is 5.32 Å². The van der Waals surface area contributed by atoms with E-state index in [4.69, 9.17) is 8.85 Å². The van der Waals surface area contributed by atoms with E-state index in [1.165, 1.54) is 15.0 Å². The number of piperazine rings is 1. The van der Waals surface area contributed by atoms with Gasteiger partial charge in [-0.1, -0.05) is 11.8 Å². The van der Waals surface area contributed by atoms with Crippen LogP contribution in [0, 0.1) is 0 Å². The number of carbonyl (C=O) groups is 6. The van der Waals surface area contributed by atoms with Crippen LogP contribution in [0.3, 0.4) is 0 Å². The summed E-state index contributed by atoms with van der Waals surface area (Å²) in [4.78, 5) is 79.6. The molecule has 2 saturated heterocycles. The maximum Gasteiger partial charge on any atom is 0.330 e. The third-order valence-electron chi connectivity index (χ3n) is 6.76. The van der Waals surface area contributed by atoms with E-state index < -0.39 is 71.8 Å². The summed E-state index contributed by atoms with van der Waals surface area (Å²) in [5.74, 6) is -5.89. The molecule has 228 valence electrons. The number of aliphatic hydroxyl groups is 1. The number of aryl methyl sites for hydroxylation is 1. The molecule has 20 heteroatoms. The second-order valence-corrected chi connectivity index (χ2v) is 11.0. The number of tetrazole rings is 1. The number of carboxylic acids is 1. The highest BCUT2D eigenvalue weighted by Gasteiger charge is 2.67. The molecule has 6 amide bonds. The summed E-state index contributed by atoms with van der Waals surface area (Å²) in [5, 5.41) is 36.5. The monoisotopic (exact) mass is 630 g/mol. The van der Waals surface area contributed by atoms with Gasteiger partial charge in [-0.3, -0.25) is 24.1 Å². The number of carbonyl (C=O) groups excluding carboxylic acids is 5. The van der Waals surface area contributed by atoms with E-state index in [9.17, 15) is 39.0 Å². The molecule has 18 nitrogen and oxygen atoms in total. The number of nitrogens with one attached hydrogen (secondary N) is 2. The molecule has 4 N–H and O–H groups in total. The second-order valence-electron chi connectivity index (χ2n) is 9.15. The van der Waals surface area contributed by atoms with Crippen LogP contribution in [0.1, 0.15) is 17.9 Å². The lowest BCUT2D eigenvalue weighted by Crippen LogP contribution is -2.83. The predicted octanol–water partition coefficient (Wildman–Crippen LogP) is -2.84. The summed E-state index contributed by atoms with van der Waals surface area (Å²) in [5.41, 5.74) is -1.92. The number of hydrogen-bond acceptors (Lipinski definition) is 13. The van der Waals surface area contributed by atoms with Gasteiger partial charge >= 0.3 is 23.8 Å². The van der Waals surface area contributed by atoms with Gasteiger partial charge in [-0.15, -0.1) is 16.9 Å². The van der Waals surface area contributed by atoms with Crippen LogP contribution in [0.4, 0.5) is 4.79 Å². The van der Waals surface area contributed by atoms with Crippen LogP contribution in [0.15, 0.2) is 16.1 Å². The first kappa shape index (κ1) is 27.1. The van der Waals surface area contributed by atoms with Crippen LogP contribution in [-0.2, 0) is 35.8 Å². The van der Waals surface area contributed by atoms with Crippen LogP contribution < -0.4 is 10.6 Å². The molecular formula is C22H29N9O9S2. The summed E-state index contributed by atoms with van der Waals surface area (Å²) < 4.78 is 29.6. The Morgan fingerprint density at radius 2 is 2.05 bits per heavy atom. The van der Waals surface area contributed by atoms with Gasteiger partial charge in [0.1, 0.15) is 11.4 Å². The van der Waals surface area contributed by atoms with E-state index in [0.29, 0.717) is 15.6 Å². The molecule has 0 saturated carbocycles. The Morgan fingerprint density at radius 3 is 2.64 bits per heavy atom. The minimum Gasteiger partial charge on any atom is -0.479 e. The number of β-lactam (4-membered cyclic amide) rings is 1. The van der Waals surface area contributed by atoms with E-state index in [0.717, 1.165) is 35.5 Å². The minimum absolute atomic E-state index is 0.0164. The fraction of sp³-hybridized carbons (Fsp3) is 0.591. The van der Waals surface area contributed by atoms with Crippen molar-refractivity contribution >= 4 is 59.2 Å². The van der Waals surface area contributed by atoms with Gasteiger partial charge in [-0.2, -0.15) is 0 Å². The number of aliphatic hydroxyl groups excluding tert-OH is 1. The number of urea groups is 1. The topological polar surface area (TPSA) is 229 Å². The van der Waals surface area contributed by atoms with Gasteiger partial charge in [0, 0.05) is 43.7 Å². The Kier molecular flexibility index (Phi) is 7.90. The standard InChI is InChI=1S/C22H29N9O9S2/c1-5-29-6-7-30(16(35)15(29)34)20(39)23-12(10(2)32)14(33)24-22(40-4)18(38)31-13(17(36)37)11(8-41-19(22)31)9-42-21-25-26-27-28(21)3/h8,10,12-13,19,32H,5-7,9H2,1-4H3,(H,23,39)(H,24,33)(H,36,37)/t10-,12-,13?,19+,22-/m0/s1/i2D3. The summed E-state index contributed by atoms with van der Waals surface area (Å²) in [6.45, 7) is -1.69. The van der Waals surface area contributed by atoms with Crippen molar-refractivity contribution in [3.05, 3.63) is 11.0 Å². The number of nitrogens with zero attached hydrogens (tertiary/aromatic N) is 7. The lowest BCUT2D eigenvalue weighted by Gasteiger charge is -2.57. The molecule has 0 bridgehead atoms. The van der Waals surface area contributed by atoms with Crippen molar-refractivity contribution in [1.82, 2.24) is 45.5 Å². The smallest absolute Gasteiger partial charge is 0.330 e. The fourth-order valence-corrected chi connectivity index (χ4v) is 6.78. The summed E-state index contributed by atoms with van der Waals surface area (Å²) >= 11 is 2.06. The lowest BCUT2D eigenvalue weighted by atomic mass is 9.94. The molecule has 0 aromatic carbocycles. The van der Waals surface area contributed by atoms with Crippen molar-refractivity contribution in [2.45, 2.75) is 48.2 Å². The third-order valence-corrected chi connectivity index (χ3v) is 9.09. The molecule has 2 fully saturated rings. The molecule has 0 aliphatic carbocycles.